The summed E-state index contributed by atoms with van der Waals surface area (Å²) in [6, 6.07) is 15.2. The second-order valence-electron chi connectivity index (χ2n) is 6.60. The number of nitro benzene ring substituents is 1. The molecule has 0 bridgehead atoms. The molecule has 9 heteroatoms. The van der Waals surface area contributed by atoms with Crippen LogP contribution in [0.15, 0.2) is 64.0 Å². The molecule has 2 aromatic carbocycles. The summed E-state index contributed by atoms with van der Waals surface area (Å²) >= 11 is 1.38. The smallest absolute Gasteiger partial charge is 0.341 e. The van der Waals surface area contributed by atoms with Crippen LogP contribution in [0.2, 0.25) is 0 Å². The summed E-state index contributed by atoms with van der Waals surface area (Å²) in [5.41, 5.74) is 0.794. The third kappa shape index (κ3) is 4.10. The summed E-state index contributed by atoms with van der Waals surface area (Å²) in [5.74, 6) is 0.830. The van der Waals surface area contributed by atoms with E-state index in [1.54, 1.807) is 19.1 Å². The van der Waals surface area contributed by atoms with Crippen LogP contribution in [0, 0.1) is 10.1 Å². The van der Waals surface area contributed by atoms with Gasteiger partial charge in [-0.2, -0.15) is 0 Å². The Morgan fingerprint density at radius 2 is 2.03 bits per heavy atom. The second-order valence-corrected chi connectivity index (χ2v) is 7.63. The third-order valence-corrected chi connectivity index (χ3v) is 5.73. The van der Waals surface area contributed by atoms with Gasteiger partial charge in [-0.1, -0.05) is 18.2 Å². The molecule has 2 aromatic heterocycles. The Bertz CT molecular complexity index is 1340. The molecule has 0 aliphatic rings. The number of nitro groups is 1. The summed E-state index contributed by atoms with van der Waals surface area (Å²) in [5, 5.41) is 12.4. The van der Waals surface area contributed by atoms with Gasteiger partial charge in [-0.25, -0.2) is 9.79 Å². The molecule has 0 aliphatic heterocycles. The van der Waals surface area contributed by atoms with Gasteiger partial charge in [0.15, 0.2) is 0 Å². The van der Waals surface area contributed by atoms with Crippen LogP contribution >= 0.6 is 11.3 Å². The van der Waals surface area contributed by atoms with Gasteiger partial charge in [-0.05, 0) is 31.2 Å². The SMILES string of the molecule is CCOC(=O)c1c(N=Cc2ccc(-c3cc([N+](=O)[O-])ccc3OC)o2)sc2ccccc12. The Labute approximate surface area is 186 Å². The molecule has 0 saturated carbocycles. The minimum absolute atomic E-state index is 0.0724. The molecular weight excluding hydrogens is 432 g/mol. The second kappa shape index (κ2) is 9.03. The molecule has 0 radical (unpaired) electrons. The number of hydrogen-bond acceptors (Lipinski definition) is 8. The molecule has 162 valence electrons. The van der Waals surface area contributed by atoms with Gasteiger partial charge >= 0.3 is 5.97 Å². The van der Waals surface area contributed by atoms with Crippen LogP contribution in [-0.4, -0.2) is 30.8 Å². The number of furan rings is 1. The number of aliphatic imine (C=N–C) groups is 1. The third-order valence-electron chi connectivity index (χ3n) is 4.65. The van der Waals surface area contributed by atoms with Crippen molar-refractivity contribution in [3.05, 3.63) is 76.0 Å². The summed E-state index contributed by atoms with van der Waals surface area (Å²) in [4.78, 5) is 27.6. The number of benzene rings is 2. The number of methoxy groups -OCH3 is 1. The zero-order valence-electron chi connectivity index (χ0n) is 17.2. The predicted octanol–water partition coefficient (Wildman–Crippen LogP) is 6.01. The fourth-order valence-electron chi connectivity index (χ4n) is 3.22. The van der Waals surface area contributed by atoms with Crippen LogP contribution in [-0.2, 0) is 4.74 Å². The Kier molecular flexibility index (Phi) is 6.00. The molecule has 4 aromatic rings. The number of fused-ring (bicyclic) bond motifs is 1. The molecule has 0 aliphatic carbocycles. The Balaban J connectivity index is 1.69. The highest BCUT2D eigenvalue weighted by molar-refractivity contribution is 7.23. The Hall–Kier alpha value is -3.98. The number of hydrogen-bond donors (Lipinski definition) is 0. The van der Waals surface area contributed by atoms with Gasteiger partial charge in [0.2, 0.25) is 0 Å². The molecule has 0 atom stereocenters. The summed E-state index contributed by atoms with van der Waals surface area (Å²) < 4.78 is 17.3. The standard InChI is InChI=1S/C23H18N2O6S/c1-3-30-23(26)21-16-6-4-5-7-20(16)32-22(21)24-13-15-9-11-19(31-15)17-12-14(25(27)28)8-10-18(17)29-2/h4-13H,3H2,1-2H3. The summed E-state index contributed by atoms with van der Waals surface area (Å²) in [6.45, 7) is 2.01. The molecule has 0 unspecified atom stereocenters. The van der Waals surface area contributed by atoms with E-state index >= 15 is 0 Å². The van der Waals surface area contributed by atoms with Gasteiger partial charge in [0, 0.05) is 22.2 Å². The van der Waals surface area contributed by atoms with Crippen molar-refractivity contribution in [2.45, 2.75) is 6.92 Å². The maximum atomic E-state index is 12.5. The monoisotopic (exact) mass is 450 g/mol. The van der Waals surface area contributed by atoms with Crippen molar-refractivity contribution in [2.75, 3.05) is 13.7 Å². The molecule has 0 spiro atoms. The van der Waals surface area contributed by atoms with E-state index in [0.717, 1.165) is 10.1 Å². The molecule has 0 N–H and O–H groups in total. The Morgan fingerprint density at radius 3 is 2.78 bits per heavy atom. The number of carbonyl (C=O) groups is 1. The summed E-state index contributed by atoms with van der Waals surface area (Å²) in [7, 11) is 1.48. The number of nitrogens with zero attached hydrogens (tertiary/aromatic N) is 2. The number of thiophene rings is 1. The fraction of sp³-hybridized carbons (Fsp3) is 0.130. The van der Waals surface area contributed by atoms with Crippen molar-refractivity contribution in [1.82, 2.24) is 0 Å². The molecule has 0 amide bonds. The van der Waals surface area contributed by atoms with E-state index in [0.29, 0.717) is 33.4 Å². The van der Waals surface area contributed by atoms with Crippen LogP contribution in [0.1, 0.15) is 23.0 Å². The predicted molar refractivity (Wildman–Crippen MR) is 122 cm³/mol. The van der Waals surface area contributed by atoms with E-state index in [9.17, 15) is 14.9 Å². The first-order chi connectivity index (χ1) is 15.5. The lowest BCUT2D eigenvalue weighted by atomic mass is 10.1. The number of carbonyl (C=O) groups excluding carboxylic acids is 1. The normalized spacial score (nSPS) is 11.2. The fourth-order valence-corrected chi connectivity index (χ4v) is 4.25. The van der Waals surface area contributed by atoms with E-state index in [-0.39, 0.29) is 12.3 Å². The maximum absolute atomic E-state index is 12.5. The van der Waals surface area contributed by atoms with Crippen LogP contribution in [0.5, 0.6) is 5.75 Å². The lowest BCUT2D eigenvalue weighted by Gasteiger charge is -2.05. The largest absolute Gasteiger partial charge is 0.496 e. The maximum Gasteiger partial charge on any atom is 0.341 e. The van der Waals surface area contributed by atoms with Crippen LogP contribution in [0.3, 0.4) is 0 Å². The summed E-state index contributed by atoms with van der Waals surface area (Å²) in [6.07, 6.45) is 1.50. The molecule has 0 saturated heterocycles. The molecule has 2 heterocycles. The number of esters is 1. The average molecular weight is 450 g/mol. The molecule has 32 heavy (non-hydrogen) atoms. The van der Waals surface area contributed by atoms with Crippen LogP contribution < -0.4 is 4.74 Å². The van der Waals surface area contributed by atoms with E-state index in [4.69, 9.17) is 13.9 Å². The van der Waals surface area contributed by atoms with Crippen molar-refractivity contribution in [3.8, 4) is 17.1 Å². The molecular formula is C23H18N2O6S. The first-order valence-corrected chi connectivity index (χ1v) is 10.5. The van der Waals surface area contributed by atoms with Gasteiger partial charge in [0.1, 0.15) is 27.8 Å². The number of rotatable bonds is 7. The average Bonchev–Trinajstić information content (AvgIpc) is 3.41. The molecule has 8 nitrogen and oxygen atoms in total. The topological polar surface area (TPSA) is 104 Å². The van der Waals surface area contributed by atoms with E-state index < -0.39 is 10.9 Å². The van der Waals surface area contributed by atoms with E-state index in [1.807, 2.05) is 24.3 Å². The van der Waals surface area contributed by atoms with Crippen molar-refractivity contribution >= 4 is 44.3 Å². The van der Waals surface area contributed by atoms with Gasteiger partial charge < -0.3 is 13.9 Å². The zero-order chi connectivity index (χ0) is 22.7. The number of ether oxygens (including phenoxy) is 2. The highest BCUT2D eigenvalue weighted by Crippen LogP contribution is 2.38. The lowest BCUT2D eigenvalue weighted by molar-refractivity contribution is -0.384. The quantitative estimate of drug-likeness (QED) is 0.148. The van der Waals surface area contributed by atoms with Gasteiger partial charge in [0.05, 0.1) is 30.4 Å². The van der Waals surface area contributed by atoms with Gasteiger partial charge in [-0.15, -0.1) is 11.3 Å². The first kappa shape index (κ1) is 21.3. The minimum atomic E-state index is -0.480. The van der Waals surface area contributed by atoms with Crippen molar-refractivity contribution in [3.63, 3.8) is 0 Å². The van der Waals surface area contributed by atoms with Crippen molar-refractivity contribution in [1.29, 1.82) is 0 Å². The molecule has 0 fully saturated rings. The minimum Gasteiger partial charge on any atom is -0.496 e. The van der Waals surface area contributed by atoms with Gasteiger partial charge in [0.25, 0.3) is 5.69 Å². The zero-order valence-corrected chi connectivity index (χ0v) is 18.0. The highest BCUT2D eigenvalue weighted by Gasteiger charge is 2.20. The highest BCUT2D eigenvalue weighted by atomic mass is 32.1. The van der Waals surface area contributed by atoms with Crippen molar-refractivity contribution in [2.24, 2.45) is 4.99 Å². The first-order valence-electron chi connectivity index (χ1n) is 9.67. The van der Waals surface area contributed by atoms with E-state index in [1.165, 1.54) is 42.9 Å². The van der Waals surface area contributed by atoms with Crippen LogP contribution in [0.25, 0.3) is 21.4 Å². The molecule has 4 rings (SSSR count). The van der Waals surface area contributed by atoms with E-state index in [2.05, 4.69) is 4.99 Å². The van der Waals surface area contributed by atoms with Crippen molar-refractivity contribution < 1.29 is 23.6 Å². The Morgan fingerprint density at radius 1 is 1.22 bits per heavy atom. The lowest BCUT2D eigenvalue weighted by Crippen LogP contribution is -2.03. The van der Waals surface area contributed by atoms with Crippen LogP contribution in [0.4, 0.5) is 10.7 Å². The number of non-ortho nitro benzene ring substituents is 1. The van der Waals surface area contributed by atoms with Gasteiger partial charge in [-0.3, -0.25) is 10.1 Å².